The van der Waals surface area contributed by atoms with Gasteiger partial charge in [0.2, 0.25) is 0 Å². The molecule has 0 unspecified atom stereocenters. The monoisotopic (exact) mass is 613 g/mol. The van der Waals surface area contributed by atoms with Crippen molar-refractivity contribution in [3.05, 3.63) is 0 Å². The van der Waals surface area contributed by atoms with Crippen molar-refractivity contribution in [1.82, 2.24) is 0 Å². The van der Waals surface area contributed by atoms with Gasteiger partial charge in [0.25, 0.3) is 0 Å². The average molecular weight is 614 g/mol. The second kappa shape index (κ2) is 13.5. The molecule has 0 spiro atoms. The molecule has 0 saturated heterocycles. The Morgan fingerprint density at radius 1 is 0.553 bits per heavy atom. The van der Waals surface area contributed by atoms with E-state index in [2.05, 4.69) is 27.7 Å². The Bertz CT molecular complexity index is 794. The fourth-order valence-electron chi connectivity index (χ4n) is 3.29. The molecule has 0 radical (unpaired) electrons. The second-order valence-electron chi connectivity index (χ2n) is 8.53. The fourth-order valence-corrected chi connectivity index (χ4v) is 3.73. The molecule has 38 heavy (non-hydrogen) atoms. The second-order valence-corrected chi connectivity index (χ2v) is 9.96. The Kier molecular flexibility index (Phi) is 13.9. The number of unbranched alkanes of at least 4 members (excludes halogenated alkanes) is 3. The molecule has 0 bridgehead atoms. The van der Waals surface area contributed by atoms with Gasteiger partial charge < -0.3 is 9.04 Å². The molecule has 0 aliphatic heterocycles. The lowest BCUT2D eigenvalue weighted by Gasteiger charge is -2.39. The molecule has 0 saturated carbocycles. The van der Waals surface area contributed by atoms with Crippen molar-refractivity contribution in [2.45, 2.75) is 101 Å². The van der Waals surface area contributed by atoms with E-state index >= 15 is 0 Å². The first-order chi connectivity index (χ1) is 16.7. The average Bonchev–Trinajstić information content (AvgIpc) is 2.76. The molecule has 0 rings (SSSR count). The van der Waals surface area contributed by atoms with Gasteiger partial charge in [-0.25, -0.2) is 8.42 Å². The Morgan fingerprint density at radius 2 is 0.895 bits per heavy atom. The summed E-state index contributed by atoms with van der Waals surface area (Å²) in [6, 6.07) is 0. The van der Waals surface area contributed by atoms with E-state index in [-0.39, 0.29) is 0 Å². The molecular weight excluding hydrogens is 581 g/mol. The molecule has 0 fully saturated rings. The first-order valence-electron chi connectivity index (χ1n) is 11.5. The van der Waals surface area contributed by atoms with Crippen LogP contribution in [-0.2, 0) is 10.1 Å². The summed E-state index contributed by atoms with van der Waals surface area (Å²) in [6.45, 7) is 14.2. The molecule has 0 atom stereocenters. The van der Waals surface area contributed by atoms with E-state index in [1.807, 2.05) is 0 Å². The maximum absolute atomic E-state index is 13.4. The number of hydrogen-bond donors (Lipinski definition) is 0. The molecule has 0 aliphatic carbocycles. The zero-order valence-electron chi connectivity index (χ0n) is 21.1. The van der Waals surface area contributed by atoms with E-state index in [4.69, 9.17) is 0 Å². The molecule has 0 aliphatic rings. The third-order valence-corrected chi connectivity index (χ3v) is 7.20. The summed E-state index contributed by atoms with van der Waals surface area (Å²) in [5.41, 5.74) is 0. The predicted molar refractivity (Wildman–Crippen MR) is 111 cm³/mol. The van der Waals surface area contributed by atoms with E-state index in [1.54, 1.807) is 0 Å². The zero-order valence-corrected chi connectivity index (χ0v) is 21.9. The van der Waals surface area contributed by atoms with Crippen LogP contribution < -0.4 is 0 Å². The molecular formula is C20H32F13NO3S. The minimum atomic E-state index is -7.72. The predicted octanol–water partition coefficient (Wildman–Crippen LogP) is 7.45. The van der Waals surface area contributed by atoms with Gasteiger partial charge in [-0.1, -0.05) is 12.8 Å². The van der Waals surface area contributed by atoms with Gasteiger partial charge >= 0.3 is 35.1 Å². The van der Waals surface area contributed by atoms with Crippen LogP contribution >= 0.6 is 0 Å². The smallest absolute Gasteiger partial charge is 0.402 e. The summed E-state index contributed by atoms with van der Waals surface area (Å²) < 4.78 is 199. The van der Waals surface area contributed by atoms with Crippen molar-refractivity contribution < 1.29 is 74.5 Å². The highest BCUT2D eigenvalue weighted by Crippen LogP contribution is 2.58. The third kappa shape index (κ3) is 8.99. The largest absolute Gasteiger partial charge is 0.743 e. The molecule has 232 valence electrons. The van der Waals surface area contributed by atoms with E-state index in [1.165, 1.54) is 30.7 Å². The quantitative estimate of drug-likeness (QED) is 0.0835. The number of halogens is 13. The Balaban J connectivity index is 0. The van der Waals surface area contributed by atoms with Crippen LogP contribution in [0.15, 0.2) is 0 Å². The maximum Gasteiger partial charge on any atom is 0.402 e. The Labute approximate surface area is 212 Å². The number of nitrogens with zero attached hydrogens (tertiary/aromatic N) is 1. The number of hydrogen-bond acceptors (Lipinski definition) is 3. The van der Waals surface area contributed by atoms with Gasteiger partial charge in [-0.05, 0) is 40.5 Å². The van der Waals surface area contributed by atoms with Gasteiger partial charge in [-0.3, -0.25) is 0 Å². The van der Waals surface area contributed by atoms with Crippen molar-refractivity contribution in [3.8, 4) is 0 Å². The van der Waals surface area contributed by atoms with E-state index in [9.17, 15) is 70.0 Å². The van der Waals surface area contributed by atoms with Crippen LogP contribution in [0.5, 0.6) is 0 Å². The van der Waals surface area contributed by atoms with Gasteiger partial charge in [0, 0.05) is 12.8 Å². The molecule has 0 amide bonds. The lowest BCUT2D eigenvalue weighted by molar-refractivity contribution is -0.921. The molecule has 0 aromatic heterocycles. The van der Waals surface area contributed by atoms with Crippen molar-refractivity contribution in [2.75, 3.05) is 26.2 Å². The summed E-state index contributed by atoms with van der Waals surface area (Å²) >= 11 is 0. The maximum atomic E-state index is 13.4. The summed E-state index contributed by atoms with van der Waals surface area (Å²) in [7, 11) is -7.67. The number of quaternary nitrogens is 1. The van der Waals surface area contributed by atoms with Crippen LogP contribution in [0.1, 0.15) is 66.2 Å². The molecule has 0 heterocycles. The van der Waals surface area contributed by atoms with Crippen LogP contribution in [0.25, 0.3) is 0 Å². The highest BCUT2D eigenvalue weighted by Gasteiger charge is 2.87. The lowest BCUT2D eigenvalue weighted by atomic mass is 9.94. The van der Waals surface area contributed by atoms with Crippen LogP contribution in [-0.4, -0.2) is 78.8 Å². The molecule has 18 heteroatoms. The van der Waals surface area contributed by atoms with E-state index < -0.39 is 83.8 Å². The highest BCUT2D eigenvalue weighted by molar-refractivity contribution is 7.86. The number of alkyl halides is 13. The summed E-state index contributed by atoms with van der Waals surface area (Å²) in [5.74, 6) is -28.8. The SMILES string of the molecule is CC[N+](CC)(CC)CC.O=S(=O)([O-])C(F)(F)C(F)(F)C(F)(F)C(F)(F)C(F)(F)CCCCCCC(F)(F)F. The number of rotatable bonds is 15. The van der Waals surface area contributed by atoms with Crippen molar-refractivity contribution in [1.29, 1.82) is 0 Å². The third-order valence-electron chi connectivity index (χ3n) is 6.31. The summed E-state index contributed by atoms with van der Waals surface area (Å²) in [6.07, 6.45) is -11.3. The molecule has 0 aromatic rings. The fraction of sp³-hybridized carbons (Fsp3) is 1.00. The Hall–Kier alpha value is -1.04. The minimum Gasteiger partial charge on any atom is -0.743 e. The minimum absolute atomic E-state index is 0.486. The van der Waals surface area contributed by atoms with Crippen molar-refractivity contribution >= 4 is 10.1 Å². The van der Waals surface area contributed by atoms with Gasteiger partial charge in [-0.15, -0.1) is 0 Å². The van der Waals surface area contributed by atoms with Crippen LogP contribution in [0.3, 0.4) is 0 Å². The Morgan fingerprint density at radius 3 is 1.16 bits per heavy atom. The lowest BCUT2D eigenvalue weighted by Crippen LogP contribution is -2.68. The van der Waals surface area contributed by atoms with Crippen molar-refractivity contribution in [2.24, 2.45) is 0 Å². The normalized spacial score (nSPS) is 14.8. The zero-order chi connectivity index (χ0) is 31.1. The standard InChI is InChI=1S/C12H13F13O3S.C8H20N/c13-7(14,5-3-1-2-4-6-8(15,16)17)9(18,19)10(20,21)11(22,23)12(24,25)29(26,27)28;1-5-9(6-2,7-3)8-4/h1-6H2,(H,26,27,28);5-8H2,1-4H3/q;+1/p-1. The summed E-state index contributed by atoms with van der Waals surface area (Å²) in [4.78, 5) is 0. The van der Waals surface area contributed by atoms with Gasteiger partial charge in [0.15, 0.2) is 10.1 Å². The van der Waals surface area contributed by atoms with Gasteiger partial charge in [0.05, 0.1) is 26.2 Å². The summed E-state index contributed by atoms with van der Waals surface area (Å²) in [5, 5.41) is -7.36. The van der Waals surface area contributed by atoms with Gasteiger partial charge in [-0.2, -0.15) is 57.1 Å². The first kappa shape index (κ1) is 39.1. The van der Waals surface area contributed by atoms with Crippen molar-refractivity contribution in [3.63, 3.8) is 0 Å². The van der Waals surface area contributed by atoms with Gasteiger partial charge in [0.1, 0.15) is 0 Å². The van der Waals surface area contributed by atoms with Crippen LogP contribution in [0.2, 0.25) is 0 Å². The van der Waals surface area contributed by atoms with Crippen LogP contribution in [0, 0.1) is 0 Å². The molecule has 4 nitrogen and oxygen atoms in total. The highest BCUT2D eigenvalue weighted by atomic mass is 32.2. The topological polar surface area (TPSA) is 57.2 Å². The van der Waals surface area contributed by atoms with Crippen LogP contribution in [0.4, 0.5) is 57.1 Å². The van der Waals surface area contributed by atoms with E-state index in [0.717, 1.165) is 0 Å². The molecule has 0 N–H and O–H groups in total. The van der Waals surface area contributed by atoms with E-state index in [0.29, 0.717) is 0 Å². The first-order valence-corrected chi connectivity index (χ1v) is 12.9. The molecule has 0 aromatic carbocycles.